The number of pyridine rings is 2. The summed E-state index contributed by atoms with van der Waals surface area (Å²) in [5, 5.41) is 19.4. The van der Waals surface area contributed by atoms with Crippen molar-refractivity contribution in [1.29, 1.82) is 5.26 Å². The summed E-state index contributed by atoms with van der Waals surface area (Å²) in [5.41, 5.74) is 10.3. The van der Waals surface area contributed by atoms with Crippen LogP contribution in [-0.2, 0) is 0 Å². The van der Waals surface area contributed by atoms with Gasteiger partial charge in [-0.2, -0.15) is 5.26 Å². The van der Waals surface area contributed by atoms with E-state index in [9.17, 15) is 5.26 Å². The standard InChI is InChI=1S/C45H26N4/c46-25-28-8-15-39-40-16-13-29(24-43(40)49(42(39)19-28)38-6-2-1-3-7-38)35-14-17-41(48-27-35)37-22-32-11-9-30-20-36(34-5-4-18-47-26-34)21-31-10-12-33(23-37)45(32)44(30)31/h1-24,26-27H. The van der Waals surface area contributed by atoms with Crippen molar-refractivity contribution in [3.8, 4) is 45.3 Å². The van der Waals surface area contributed by atoms with Gasteiger partial charge in [0.2, 0.25) is 0 Å². The summed E-state index contributed by atoms with van der Waals surface area (Å²) in [6.07, 6.45) is 5.71. The highest BCUT2D eigenvalue weighted by molar-refractivity contribution is 6.24. The number of benzene rings is 7. The summed E-state index contributed by atoms with van der Waals surface area (Å²) >= 11 is 0. The molecule has 0 aliphatic carbocycles. The molecule has 3 aromatic heterocycles. The molecular weight excluding hydrogens is 597 g/mol. The van der Waals surface area contributed by atoms with Crippen molar-refractivity contribution < 1.29 is 0 Å². The second kappa shape index (κ2) is 10.6. The van der Waals surface area contributed by atoms with Crippen LogP contribution >= 0.6 is 0 Å². The van der Waals surface area contributed by atoms with Gasteiger partial charge in [0, 0.05) is 51.7 Å². The number of fused-ring (bicyclic) bond motifs is 3. The monoisotopic (exact) mass is 622 g/mol. The third kappa shape index (κ3) is 4.30. The average molecular weight is 623 g/mol. The maximum absolute atomic E-state index is 9.63. The Morgan fingerprint density at radius 2 is 1.12 bits per heavy atom. The predicted octanol–water partition coefficient (Wildman–Crippen LogP) is 11.3. The van der Waals surface area contributed by atoms with Gasteiger partial charge < -0.3 is 4.57 Å². The van der Waals surface area contributed by atoms with Crippen LogP contribution < -0.4 is 0 Å². The summed E-state index contributed by atoms with van der Waals surface area (Å²) in [4.78, 5) is 9.31. The lowest BCUT2D eigenvalue weighted by molar-refractivity contribution is 1.18. The van der Waals surface area contributed by atoms with Gasteiger partial charge in [-0.3, -0.25) is 9.97 Å². The van der Waals surface area contributed by atoms with E-state index in [4.69, 9.17) is 4.98 Å². The lowest BCUT2D eigenvalue weighted by atomic mass is 9.90. The third-order valence-corrected chi connectivity index (χ3v) is 9.83. The van der Waals surface area contributed by atoms with Crippen LogP contribution in [0.4, 0.5) is 0 Å². The highest BCUT2D eigenvalue weighted by Gasteiger charge is 2.16. The fraction of sp³-hybridized carbons (Fsp3) is 0. The normalized spacial score (nSPS) is 11.7. The molecule has 7 aromatic carbocycles. The molecule has 0 aliphatic heterocycles. The summed E-state index contributed by atoms with van der Waals surface area (Å²) in [7, 11) is 0. The largest absolute Gasteiger partial charge is 0.309 e. The van der Waals surface area contributed by atoms with Crippen LogP contribution in [0.1, 0.15) is 5.56 Å². The fourth-order valence-electron chi connectivity index (χ4n) is 7.54. The molecule has 0 amide bonds. The van der Waals surface area contributed by atoms with E-state index in [-0.39, 0.29) is 0 Å². The van der Waals surface area contributed by atoms with Gasteiger partial charge in [-0.1, -0.05) is 72.8 Å². The zero-order valence-electron chi connectivity index (χ0n) is 26.3. The molecule has 0 unspecified atom stereocenters. The van der Waals surface area contributed by atoms with Crippen LogP contribution in [-0.4, -0.2) is 14.5 Å². The van der Waals surface area contributed by atoms with E-state index >= 15 is 0 Å². The van der Waals surface area contributed by atoms with Gasteiger partial charge in [-0.25, -0.2) is 0 Å². The fourth-order valence-corrected chi connectivity index (χ4v) is 7.54. The summed E-state index contributed by atoms with van der Waals surface area (Å²) < 4.78 is 2.25. The highest BCUT2D eigenvalue weighted by atomic mass is 15.0. The van der Waals surface area contributed by atoms with Crippen LogP contribution in [0.2, 0.25) is 0 Å². The average Bonchev–Trinajstić information content (AvgIpc) is 3.50. The maximum atomic E-state index is 9.63. The molecule has 3 heterocycles. The Morgan fingerprint density at radius 1 is 0.490 bits per heavy atom. The van der Waals surface area contributed by atoms with Gasteiger partial charge in [0.15, 0.2) is 0 Å². The highest BCUT2D eigenvalue weighted by Crippen LogP contribution is 2.40. The lowest BCUT2D eigenvalue weighted by Crippen LogP contribution is -1.94. The molecule has 0 aliphatic rings. The van der Waals surface area contributed by atoms with Gasteiger partial charge in [0.1, 0.15) is 0 Å². The SMILES string of the molecule is N#Cc1ccc2c3ccc(-c4ccc(-c5cc6ccc7cc(-c8cccnc8)cc8ccc(c5)c6c78)nc4)cc3n(-c3ccccc3)c2c1. The Kier molecular flexibility index (Phi) is 5.90. The van der Waals surface area contributed by atoms with E-state index in [1.807, 2.05) is 55.0 Å². The van der Waals surface area contributed by atoms with E-state index in [1.165, 1.54) is 37.9 Å². The minimum Gasteiger partial charge on any atom is -0.309 e. The third-order valence-electron chi connectivity index (χ3n) is 9.83. The number of nitrogens with zero attached hydrogens (tertiary/aromatic N) is 4. The zero-order chi connectivity index (χ0) is 32.5. The second-order valence-electron chi connectivity index (χ2n) is 12.6. The minimum absolute atomic E-state index is 0.648. The molecule has 0 atom stereocenters. The van der Waals surface area contributed by atoms with Crippen molar-refractivity contribution in [2.45, 2.75) is 0 Å². The van der Waals surface area contributed by atoms with E-state index in [1.54, 1.807) is 0 Å². The van der Waals surface area contributed by atoms with Crippen LogP contribution in [0.25, 0.3) is 93.3 Å². The Labute approximate surface area is 282 Å². The Balaban J connectivity index is 1.05. The van der Waals surface area contributed by atoms with Gasteiger partial charge in [0.05, 0.1) is 28.4 Å². The van der Waals surface area contributed by atoms with Crippen LogP contribution in [0.3, 0.4) is 0 Å². The van der Waals surface area contributed by atoms with E-state index in [0.717, 1.165) is 55.4 Å². The molecule has 226 valence electrons. The number of nitriles is 1. The molecule has 10 rings (SSSR count). The van der Waals surface area contributed by atoms with E-state index < -0.39 is 0 Å². The van der Waals surface area contributed by atoms with E-state index in [0.29, 0.717) is 5.56 Å². The predicted molar refractivity (Wildman–Crippen MR) is 201 cm³/mol. The van der Waals surface area contributed by atoms with Gasteiger partial charge in [-0.15, -0.1) is 0 Å². The summed E-state index contributed by atoms with van der Waals surface area (Å²) in [6, 6.07) is 51.5. The van der Waals surface area contributed by atoms with Crippen LogP contribution in [0.5, 0.6) is 0 Å². The first-order valence-corrected chi connectivity index (χ1v) is 16.4. The van der Waals surface area contributed by atoms with Crippen molar-refractivity contribution in [3.05, 3.63) is 164 Å². The number of aromatic nitrogens is 3. The molecule has 0 fully saturated rings. The number of hydrogen-bond acceptors (Lipinski definition) is 3. The van der Waals surface area contributed by atoms with Crippen molar-refractivity contribution in [2.24, 2.45) is 0 Å². The smallest absolute Gasteiger partial charge is 0.0992 e. The molecule has 0 N–H and O–H groups in total. The Morgan fingerprint density at radius 3 is 1.76 bits per heavy atom. The molecule has 4 nitrogen and oxygen atoms in total. The first-order valence-electron chi connectivity index (χ1n) is 16.4. The summed E-state index contributed by atoms with van der Waals surface area (Å²) in [6.45, 7) is 0. The van der Waals surface area contributed by atoms with Gasteiger partial charge >= 0.3 is 0 Å². The van der Waals surface area contributed by atoms with Gasteiger partial charge in [-0.05, 0) is 110 Å². The molecule has 49 heavy (non-hydrogen) atoms. The van der Waals surface area contributed by atoms with Gasteiger partial charge in [0.25, 0.3) is 0 Å². The zero-order valence-corrected chi connectivity index (χ0v) is 26.3. The van der Waals surface area contributed by atoms with Crippen molar-refractivity contribution in [3.63, 3.8) is 0 Å². The summed E-state index contributed by atoms with van der Waals surface area (Å²) in [5.74, 6) is 0. The number of para-hydroxylation sites is 1. The Hall–Kier alpha value is -6.83. The quantitative estimate of drug-likeness (QED) is 0.184. The Bertz CT molecular complexity index is 2850. The molecule has 4 heteroatoms. The molecule has 0 spiro atoms. The maximum Gasteiger partial charge on any atom is 0.0992 e. The number of rotatable bonds is 4. The first kappa shape index (κ1) is 27.3. The molecule has 0 radical (unpaired) electrons. The van der Waals surface area contributed by atoms with Crippen molar-refractivity contribution >= 4 is 54.1 Å². The minimum atomic E-state index is 0.648. The molecule has 0 bridgehead atoms. The molecule has 0 saturated carbocycles. The second-order valence-corrected chi connectivity index (χ2v) is 12.6. The molecular formula is C45H26N4. The molecule has 0 saturated heterocycles. The topological polar surface area (TPSA) is 54.5 Å². The van der Waals surface area contributed by atoms with Crippen LogP contribution in [0.15, 0.2) is 158 Å². The van der Waals surface area contributed by atoms with Crippen molar-refractivity contribution in [1.82, 2.24) is 14.5 Å². The molecule has 10 aromatic rings. The lowest BCUT2D eigenvalue weighted by Gasteiger charge is -2.14. The van der Waals surface area contributed by atoms with Crippen molar-refractivity contribution in [2.75, 3.05) is 0 Å². The van der Waals surface area contributed by atoms with Crippen LogP contribution in [0, 0.1) is 11.3 Å². The first-order chi connectivity index (χ1) is 24.2. The van der Waals surface area contributed by atoms with E-state index in [2.05, 4.69) is 119 Å². The number of hydrogen-bond donors (Lipinski definition) is 0.